The van der Waals surface area contributed by atoms with Gasteiger partial charge >= 0.3 is 0 Å². The average Bonchev–Trinajstić information content (AvgIpc) is 3.42. The first kappa shape index (κ1) is 29.6. The van der Waals surface area contributed by atoms with Crippen LogP contribution in [0.4, 0.5) is 11.6 Å². The number of hydrogen-bond acceptors (Lipinski definition) is 8. The van der Waals surface area contributed by atoms with E-state index in [-0.39, 0.29) is 23.7 Å². The predicted molar refractivity (Wildman–Crippen MR) is 178 cm³/mol. The van der Waals surface area contributed by atoms with E-state index in [1.54, 1.807) is 17.4 Å². The molecule has 43 heavy (non-hydrogen) atoms. The zero-order chi connectivity index (χ0) is 28.6. The Morgan fingerprint density at radius 1 is 0.884 bits per heavy atom. The summed E-state index contributed by atoms with van der Waals surface area (Å²) in [5.41, 5.74) is 3.17. The monoisotopic (exact) mass is 618 g/mol. The first-order valence-corrected chi connectivity index (χ1v) is 15.5. The summed E-state index contributed by atoms with van der Waals surface area (Å²) in [6, 6.07) is 19.7. The molecule has 2 aliphatic heterocycles. The van der Waals surface area contributed by atoms with Crippen molar-refractivity contribution in [2.45, 2.75) is 6.92 Å². The molecule has 0 unspecified atom stereocenters. The number of benzene rings is 3. The highest BCUT2D eigenvalue weighted by atomic mass is 35.5. The minimum absolute atomic E-state index is 0. The Morgan fingerprint density at radius 2 is 1.63 bits per heavy atom. The van der Waals surface area contributed by atoms with E-state index in [1.807, 2.05) is 42.5 Å². The van der Waals surface area contributed by atoms with Crippen molar-refractivity contribution in [2.24, 2.45) is 0 Å². The van der Waals surface area contributed by atoms with Crippen LogP contribution in [0.2, 0.25) is 0 Å². The molecule has 1 N–H and O–H groups in total. The van der Waals surface area contributed by atoms with Gasteiger partial charge in [-0.1, -0.05) is 43.3 Å². The molecule has 4 heterocycles. The van der Waals surface area contributed by atoms with E-state index in [4.69, 9.17) is 9.15 Å². The molecule has 2 saturated heterocycles. The van der Waals surface area contributed by atoms with Crippen molar-refractivity contribution < 1.29 is 13.9 Å². The van der Waals surface area contributed by atoms with Crippen LogP contribution in [0.15, 0.2) is 69.9 Å². The highest BCUT2D eigenvalue weighted by Gasteiger charge is 2.22. The minimum Gasteiger partial charge on any atom is -0.440 e. The van der Waals surface area contributed by atoms with Gasteiger partial charge in [-0.15, -0.1) is 23.7 Å². The van der Waals surface area contributed by atoms with E-state index >= 15 is 0 Å². The molecule has 3 aromatic carbocycles. The summed E-state index contributed by atoms with van der Waals surface area (Å²) < 4.78 is 14.2. The Kier molecular flexibility index (Phi) is 8.70. The number of carbonyl (C=O) groups excluding carboxylic acids is 1. The number of amides is 1. The Labute approximate surface area is 260 Å². The number of para-hydroxylation sites is 1. The van der Waals surface area contributed by atoms with Crippen molar-refractivity contribution in [3.8, 4) is 11.1 Å². The number of likely N-dealkylation sites (N-methyl/N-ethyl adjacent to an activating group) is 1. The van der Waals surface area contributed by atoms with Crippen molar-refractivity contribution in [3.63, 3.8) is 0 Å². The van der Waals surface area contributed by atoms with Crippen molar-refractivity contribution in [1.29, 1.82) is 0 Å². The second-order valence-electron chi connectivity index (χ2n) is 11.0. The normalized spacial score (nSPS) is 16.5. The van der Waals surface area contributed by atoms with Crippen LogP contribution in [0.25, 0.3) is 42.3 Å². The van der Waals surface area contributed by atoms with Crippen molar-refractivity contribution in [3.05, 3.63) is 70.9 Å². The number of piperazine rings is 1. The molecule has 10 heteroatoms. The minimum atomic E-state index is -0.0594. The number of nitrogens with one attached hydrogen (secondary N) is 1. The van der Waals surface area contributed by atoms with Crippen LogP contribution in [0.5, 0.6) is 0 Å². The van der Waals surface area contributed by atoms with E-state index in [1.165, 1.54) is 0 Å². The molecule has 0 atom stereocenters. The van der Waals surface area contributed by atoms with Gasteiger partial charge in [0.25, 0.3) is 0 Å². The molecule has 8 nitrogen and oxygen atoms in total. The van der Waals surface area contributed by atoms with Crippen LogP contribution >= 0.6 is 23.7 Å². The number of fused-ring (bicyclic) bond motifs is 4. The lowest BCUT2D eigenvalue weighted by molar-refractivity contribution is -0.117. The Bertz CT molecular complexity index is 1840. The molecule has 1 amide bonds. The fraction of sp³-hybridized carbons (Fsp3) is 0.333. The molecular formula is C33H35ClN4O4S. The molecule has 0 radical (unpaired) electrons. The molecule has 0 saturated carbocycles. The molecule has 2 aliphatic rings. The molecule has 0 spiro atoms. The smallest absolute Gasteiger partial charge is 0.238 e. The number of halogens is 1. The van der Waals surface area contributed by atoms with Crippen LogP contribution in [0.1, 0.15) is 6.92 Å². The largest absolute Gasteiger partial charge is 0.440 e. The number of carbonyl (C=O) groups is 1. The van der Waals surface area contributed by atoms with E-state index in [0.717, 1.165) is 69.7 Å². The summed E-state index contributed by atoms with van der Waals surface area (Å²) in [5, 5.41) is 5.90. The highest BCUT2D eigenvalue weighted by Crippen LogP contribution is 2.45. The van der Waals surface area contributed by atoms with Crippen LogP contribution in [0, 0.1) is 0 Å². The van der Waals surface area contributed by atoms with E-state index in [0.29, 0.717) is 49.7 Å². The maximum Gasteiger partial charge on any atom is 0.238 e. The van der Waals surface area contributed by atoms with Gasteiger partial charge in [0, 0.05) is 76.6 Å². The molecule has 0 bridgehead atoms. The van der Waals surface area contributed by atoms with Gasteiger partial charge in [0.1, 0.15) is 5.58 Å². The van der Waals surface area contributed by atoms with Gasteiger partial charge in [-0.05, 0) is 24.7 Å². The third-order valence-corrected chi connectivity index (χ3v) is 9.64. The third kappa shape index (κ3) is 5.75. The molecular weight excluding hydrogens is 584 g/mol. The fourth-order valence-electron chi connectivity index (χ4n) is 6.12. The number of anilines is 2. The highest BCUT2D eigenvalue weighted by molar-refractivity contribution is 7.26. The predicted octanol–water partition coefficient (Wildman–Crippen LogP) is 5.66. The standard InChI is InChI=1S/C33H34N4O4S.ClH/c1-2-35-12-14-36(15-13-35)21-29(39)34-26-11-10-23(33-31(26)25-6-3-4-9-28(25)42-33)22-7-5-8-24-27(38)20-30(41-32(22)24)37-16-18-40-19-17-37;/h3-11,20H,2,12-19,21H2,1H3,(H,34,39);1H. The first-order chi connectivity index (χ1) is 20.6. The third-order valence-electron chi connectivity index (χ3n) is 8.43. The van der Waals surface area contributed by atoms with Gasteiger partial charge in [0.2, 0.25) is 5.91 Å². The van der Waals surface area contributed by atoms with Gasteiger partial charge in [-0.2, -0.15) is 0 Å². The van der Waals surface area contributed by atoms with Crippen LogP contribution < -0.4 is 15.6 Å². The van der Waals surface area contributed by atoms with E-state index in [9.17, 15) is 9.59 Å². The molecule has 5 aromatic rings. The summed E-state index contributed by atoms with van der Waals surface area (Å²) >= 11 is 1.69. The van der Waals surface area contributed by atoms with Gasteiger partial charge in [0.15, 0.2) is 11.3 Å². The van der Waals surface area contributed by atoms with Crippen molar-refractivity contribution in [2.75, 3.05) is 75.8 Å². The van der Waals surface area contributed by atoms with Gasteiger partial charge < -0.3 is 24.3 Å². The topological polar surface area (TPSA) is 78.3 Å². The Hall–Kier alpha value is -3.47. The quantitative estimate of drug-likeness (QED) is 0.263. The summed E-state index contributed by atoms with van der Waals surface area (Å²) in [6.45, 7) is 9.95. The lowest BCUT2D eigenvalue weighted by atomic mass is 9.99. The number of morpholine rings is 1. The number of rotatable bonds is 6. The lowest BCUT2D eigenvalue weighted by Gasteiger charge is -2.33. The maximum atomic E-state index is 13.3. The van der Waals surface area contributed by atoms with Crippen molar-refractivity contribution in [1.82, 2.24) is 9.80 Å². The van der Waals surface area contributed by atoms with Gasteiger partial charge in [-0.25, -0.2) is 0 Å². The maximum absolute atomic E-state index is 13.3. The molecule has 0 aliphatic carbocycles. The van der Waals surface area contributed by atoms with E-state index < -0.39 is 0 Å². The SMILES string of the molecule is CCN1CCN(CC(=O)Nc2ccc(-c3cccc4c(=O)cc(N5CCOCC5)oc34)c3sc4ccccc4c23)CC1.Cl. The Balaban J connectivity index is 0.00000329. The van der Waals surface area contributed by atoms with Crippen LogP contribution in [0.3, 0.4) is 0 Å². The Morgan fingerprint density at radius 3 is 2.42 bits per heavy atom. The first-order valence-electron chi connectivity index (χ1n) is 14.7. The second kappa shape index (κ2) is 12.6. The molecule has 2 fully saturated rings. The number of ether oxygens (including phenoxy) is 1. The lowest BCUT2D eigenvalue weighted by Crippen LogP contribution is -2.48. The summed E-state index contributed by atoms with van der Waals surface area (Å²) in [5.74, 6) is 0.565. The summed E-state index contributed by atoms with van der Waals surface area (Å²) in [7, 11) is 0. The van der Waals surface area contributed by atoms with E-state index in [2.05, 4.69) is 39.1 Å². The summed E-state index contributed by atoms with van der Waals surface area (Å²) in [6.07, 6.45) is 0. The molecule has 2 aromatic heterocycles. The van der Waals surface area contributed by atoms with Crippen LogP contribution in [-0.4, -0.2) is 81.3 Å². The average molecular weight is 619 g/mol. The molecule has 7 rings (SSSR count). The molecule has 224 valence electrons. The zero-order valence-corrected chi connectivity index (χ0v) is 25.8. The number of nitrogens with zero attached hydrogens (tertiary/aromatic N) is 3. The summed E-state index contributed by atoms with van der Waals surface area (Å²) in [4.78, 5) is 33.2. The zero-order valence-electron chi connectivity index (χ0n) is 24.1. The number of thiophene rings is 1. The van der Waals surface area contributed by atoms with Gasteiger partial charge in [0.05, 0.1) is 30.8 Å². The second-order valence-corrected chi connectivity index (χ2v) is 12.0. The van der Waals surface area contributed by atoms with Crippen LogP contribution in [-0.2, 0) is 9.53 Å². The fourth-order valence-corrected chi connectivity index (χ4v) is 7.37. The van der Waals surface area contributed by atoms with Gasteiger partial charge in [-0.3, -0.25) is 14.5 Å². The number of hydrogen-bond donors (Lipinski definition) is 1. The van der Waals surface area contributed by atoms with Crippen molar-refractivity contribution >= 4 is 72.4 Å².